The second-order valence-electron chi connectivity index (χ2n) is 4.91. The largest absolute Gasteiger partial charge is 0.294 e. The molecule has 9 nitrogen and oxygen atoms in total. The number of anilines is 1. The monoisotopic (exact) mass is 450 g/mol. The third kappa shape index (κ3) is 4.34. The molecule has 12 heteroatoms. The van der Waals surface area contributed by atoms with E-state index < -0.39 is 35.6 Å². The van der Waals surface area contributed by atoms with Gasteiger partial charge >= 0.3 is 0 Å². The van der Waals surface area contributed by atoms with E-state index in [1.165, 1.54) is 13.0 Å². The standard InChI is InChI=1S/C13H11BrN2O7S2/c1-8-12(14)6-11(25(21,22)23)7-13(8)15-24(19,20)10-4-2-3-9(5-10)16(17)18/h2-7,15H,1H3,(H,21,22,23). The second-order valence-corrected chi connectivity index (χ2v) is 8.87. The fraction of sp³-hybridized carbons (Fsp3) is 0.0769. The van der Waals surface area contributed by atoms with E-state index in [9.17, 15) is 26.9 Å². The van der Waals surface area contributed by atoms with E-state index in [-0.39, 0.29) is 15.1 Å². The van der Waals surface area contributed by atoms with Crippen molar-refractivity contribution in [2.24, 2.45) is 0 Å². The summed E-state index contributed by atoms with van der Waals surface area (Å²) < 4.78 is 59.0. The highest BCUT2D eigenvalue weighted by atomic mass is 79.9. The lowest BCUT2D eigenvalue weighted by Crippen LogP contribution is -2.15. The second kappa shape index (κ2) is 6.71. The third-order valence-electron chi connectivity index (χ3n) is 3.20. The van der Waals surface area contributed by atoms with E-state index in [0.29, 0.717) is 5.56 Å². The predicted octanol–water partition coefficient (Wildman–Crippen LogP) is 2.71. The number of nitrogens with zero attached hydrogens (tertiary/aromatic N) is 1. The summed E-state index contributed by atoms with van der Waals surface area (Å²) in [7, 11) is -8.78. The average molecular weight is 451 g/mol. The van der Waals surface area contributed by atoms with Gasteiger partial charge in [0.2, 0.25) is 0 Å². The Balaban J connectivity index is 2.53. The van der Waals surface area contributed by atoms with Crippen molar-refractivity contribution in [1.82, 2.24) is 0 Å². The maximum atomic E-state index is 12.4. The molecule has 2 rings (SSSR count). The minimum atomic E-state index is -4.56. The molecular weight excluding hydrogens is 440 g/mol. The van der Waals surface area contributed by atoms with Gasteiger partial charge in [-0.1, -0.05) is 22.0 Å². The van der Waals surface area contributed by atoms with Crippen molar-refractivity contribution in [1.29, 1.82) is 0 Å². The summed E-state index contributed by atoms with van der Waals surface area (Å²) in [6, 6.07) is 6.45. The van der Waals surface area contributed by atoms with Gasteiger partial charge in [0.05, 0.1) is 20.4 Å². The Morgan fingerprint density at radius 2 is 1.76 bits per heavy atom. The van der Waals surface area contributed by atoms with Gasteiger partial charge in [0.15, 0.2) is 0 Å². The fourth-order valence-corrected chi connectivity index (χ4v) is 4.18. The van der Waals surface area contributed by atoms with Crippen LogP contribution in [0.25, 0.3) is 0 Å². The van der Waals surface area contributed by atoms with E-state index in [0.717, 1.165) is 30.3 Å². The maximum Gasteiger partial charge on any atom is 0.294 e. The van der Waals surface area contributed by atoms with E-state index in [1.54, 1.807) is 0 Å². The number of halogens is 1. The number of sulfonamides is 1. The van der Waals surface area contributed by atoms with E-state index in [2.05, 4.69) is 20.7 Å². The Morgan fingerprint density at radius 1 is 1.12 bits per heavy atom. The van der Waals surface area contributed by atoms with Crippen molar-refractivity contribution < 1.29 is 26.3 Å². The maximum absolute atomic E-state index is 12.4. The van der Waals surface area contributed by atoms with Gasteiger partial charge < -0.3 is 0 Å². The zero-order chi connectivity index (χ0) is 19.0. The van der Waals surface area contributed by atoms with Crippen LogP contribution in [0.3, 0.4) is 0 Å². The molecule has 0 fully saturated rings. The Kier molecular flexibility index (Phi) is 5.18. The van der Waals surface area contributed by atoms with Gasteiger partial charge in [-0.25, -0.2) is 8.42 Å². The minimum absolute atomic E-state index is 0.103. The number of benzene rings is 2. The molecule has 0 aliphatic carbocycles. The summed E-state index contributed by atoms with van der Waals surface area (Å²) in [5, 5.41) is 10.8. The van der Waals surface area contributed by atoms with Crippen molar-refractivity contribution in [2.75, 3.05) is 4.72 Å². The topological polar surface area (TPSA) is 144 Å². The van der Waals surface area contributed by atoms with Gasteiger partial charge in [0.25, 0.3) is 25.8 Å². The van der Waals surface area contributed by atoms with Crippen LogP contribution in [0.2, 0.25) is 0 Å². The molecule has 0 amide bonds. The highest BCUT2D eigenvalue weighted by Crippen LogP contribution is 2.30. The van der Waals surface area contributed by atoms with E-state index in [4.69, 9.17) is 4.55 Å². The van der Waals surface area contributed by atoms with Gasteiger partial charge in [0, 0.05) is 16.6 Å². The quantitative estimate of drug-likeness (QED) is 0.404. The molecule has 2 aromatic rings. The lowest BCUT2D eigenvalue weighted by Gasteiger charge is -2.13. The minimum Gasteiger partial charge on any atom is -0.282 e. The van der Waals surface area contributed by atoms with Gasteiger partial charge in [-0.3, -0.25) is 19.4 Å². The zero-order valence-electron chi connectivity index (χ0n) is 12.5. The van der Waals surface area contributed by atoms with Crippen LogP contribution in [0.5, 0.6) is 0 Å². The summed E-state index contributed by atoms with van der Waals surface area (Å²) >= 11 is 3.08. The molecule has 0 aliphatic heterocycles. The molecule has 0 spiro atoms. The first kappa shape index (κ1) is 19.3. The summed E-state index contributed by atoms with van der Waals surface area (Å²) in [4.78, 5) is 9.17. The third-order valence-corrected chi connectivity index (χ3v) is 6.22. The highest BCUT2D eigenvalue weighted by molar-refractivity contribution is 9.10. The van der Waals surface area contributed by atoms with Gasteiger partial charge in [-0.05, 0) is 30.7 Å². The Hall–Kier alpha value is -2.02. The summed E-state index contributed by atoms with van der Waals surface area (Å²) in [6.07, 6.45) is 0. The summed E-state index contributed by atoms with van der Waals surface area (Å²) in [5.41, 5.74) is -0.151. The predicted molar refractivity (Wildman–Crippen MR) is 92.6 cm³/mol. The SMILES string of the molecule is Cc1c(Br)cc(S(=O)(=O)O)cc1NS(=O)(=O)c1cccc([N+](=O)[O-])c1. The van der Waals surface area contributed by atoms with Crippen LogP contribution in [0.4, 0.5) is 11.4 Å². The fourth-order valence-electron chi connectivity index (χ4n) is 1.88. The van der Waals surface area contributed by atoms with Crippen LogP contribution in [-0.2, 0) is 20.1 Å². The molecule has 0 saturated heterocycles. The van der Waals surface area contributed by atoms with Crippen molar-refractivity contribution in [2.45, 2.75) is 16.7 Å². The molecule has 0 atom stereocenters. The Morgan fingerprint density at radius 3 is 2.32 bits per heavy atom. The lowest BCUT2D eigenvalue weighted by molar-refractivity contribution is -0.385. The first-order valence-electron chi connectivity index (χ1n) is 6.47. The molecule has 0 unspecified atom stereocenters. The van der Waals surface area contributed by atoms with Crippen molar-refractivity contribution in [3.8, 4) is 0 Å². The number of nitrogens with one attached hydrogen (secondary N) is 1. The number of nitro groups is 1. The molecule has 25 heavy (non-hydrogen) atoms. The van der Waals surface area contributed by atoms with Crippen LogP contribution in [-0.4, -0.2) is 26.3 Å². The highest BCUT2D eigenvalue weighted by Gasteiger charge is 2.21. The number of rotatable bonds is 5. The lowest BCUT2D eigenvalue weighted by atomic mass is 10.2. The van der Waals surface area contributed by atoms with E-state index in [1.807, 2.05) is 0 Å². The summed E-state index contributed by atoms with van der Waals surface area (Å²) in [5.74, 6) is 0. The molecule has 2 aromatic carbocycles. The first-order chi connectivity index (χ1) is 11.4. The normalized spacial score (nSPS) is 12.0. The van der Waals surface area contributed by atoms with Crippen molar-refractivity contribution in [3.05, 3.63) is 56.5 Å². The van der Waals surface area contributed by atoms with Gasteiger partial charge in [-0.15, -0.1) is 0 Å². The Bertz CT molecular complexity index is 1070. The molecule has 0 heterocycles. The van der Waals surface area contributed by atoms with Gasteiger partial charge in [-0.2, -0.15) is 8.42 Å². The molecule has 0 aromatic heterocycles. The van der Waals surface area contributed by atoms with Gasteiger partial charge in [0.1, 0.15) is 0 Å². The number of non-ortho nitro benzene ring substituents is 1. The van der Waals surface area contributed by atoms with E-state index >= 15 is 0 Å². The van der Waals surface area contributed by atoms with Crippen LogP contribution >= 0.6 is 15.9 Å². The number of nitro benzene ring substituents is 1. The molecule has 0 radical (unpaired) electrons. The van der Waals surface area contributed by atoms with Crippen LogP contribution in [0.15, 0.2) is 50.7 Å². The molecule has 134 valence electrons. The Labute approximate surface area is 151 Å². The number of hydrogen-bond donors (Lipinski definition) is 2. The molecular formula is C13H11BrN2O7S2. The van der Waals surface area contributed by atoms with Crippen molar-refractivity contribution >= 4 is 47.4 Å². The molecule has 2 N–H and O–H groups in total. The molecule has 0 saturated carbocycles. The summed E-state index contributed by atoms with van der Waals surface area (Å²) in [6.45, 7) is 1.52. The van der Waals surface area contributed by atoms with Crippen LogP contribution in [0.1, 0.15) is 5.56 Å². The molecule has 0 aliphatic rings. The van der Waals surface area contributed by atoms with Crippen LogP contribution in [0, 0.1) is 17.0 Å². The first-order valence-corrected chi connectivity index (χ1v) is 10.2. The van der Waals surface area contributed by atoms with Crippen LogP contribution < -0.4 is 4.72 Å². The average Bonchev–Trinajstić information content (AvgIpc) is 2.50. The van der Waals surface area contributed by atoms with Crippen molar-refractivity contribution in [3.63, 3.8) is 0 Å². The smallest absolute Gasteiger partial charge is 0.282 e. The molecule has 0 bridgehead atoms. The number of hydrogen-bond acceptors (Lipinski definition) is 6. The zero-order valence-corrected chi connectivity index (χ0v) is 15.7.